The van der Waals surface area contributed by atoms with Crippen LogP contribution in [0.25, 0.3) is 0 Å². The number of hydrogen-bond acceptors (Lipinski definition) is 3. The summed E-state index contributed by atoms with van der Waals surface area (Å²) in [6.45, 7) is 3.27. The van der Waals surface area contributed by atoms with Crippen molar-refractivity contribution in [3.8, 4) is 11.5 Å². The third-order valence-electron chi connectivity index (χ3n) is 2.76. The Morgan fingerprint density at radius 3 is 2.32 bits per heavy atom. The first-order valence-corrected chi connectivity index (χ1v) is 6.48. The highest BCUT2D eigenvalue weighted by molar-refractivity contribution is 5.39. The minimum atomic E-state index is 0.638. The molecule has 0 heterocycles. The van der Waals surface area contributed by atoms with E-state index in [2.05, 4.69) is 0 Å². The molecule has 0 aliphatic carbocycles. The van der Waals surface area contributed by atoms with Gasteiger partial charge in [-0.2, -0.15) is 0 Å². The van der Waals surface area contributed by atoms with Crippen molar-refractivity contribution < 1.29 is 9.47 Å². The standard InChI is InChI=1S/C16H19NO2/c1-2-18-15-4-3-5-16(12-15)19-11-10-13-6-8-14(17)9-7-13/h3-9,12H,2,10-11,17H2,1H3. The van der Waals surface area contributed by atoms with Gasteiger partial charge in [0.05, 0.1) is 13.2 Å². The van der Waals surface area contributed by atoms with Crippen LogP contribution in [0.2, 0.25) is 0 Å². The maximum atomic E-state index is 5.72. The summed E-state index contributed by atoms with van der Waals surface area (Å²) in [6.07, 6.45) is 0.860. The second kappa shape index (κ2) is 6.69. The maximum absolute atomic E-state index is 5.72. The van der Waals surface area contributed by atoms with Crippen molar-refractivity contribution in [2.75, 3.05) is 18.9 Å². The van der Waals surface area contributed by atoms with E-state index in [0.29, 0.717) is 13.2 Å². The molecule has 2 rings (SSSR count). The molecule has 0 spiro atoms. The Balaban J connectivity index is 1.85. The molecule has 0 aliphatic heterocycles. The van der Waals surface area contributed by atoms with Crippen LogP contribution in [0.5, 0.6) is 11.5 Å². The average Bonchev–Trinajstić information content (AvgIpc) is 2.42. The molecule has 0 aliphatic rings. The Kier molecular flexibility index (Phi) is 4.67. The Bertz CT molecular complexity index is 508. The Hall–Kier alpha value is -2.16. The molecule has 0 bridgehead atoms. The summed E-state index contributed by atoms with van der Waals surface area (Å²) < 4.78 is 11.1. The lowest BCUT2D eigenvalue weighted by Crippen LogP contribution is -2.01. The van der Waals surface area contributed by atoms with Crippen LogP contribution in [0.4, 0.5) is 5.69 Å². The number of hydrogen-bond donors (Lipinski definition) is 1. The minimum Gasteiger partial charge on any atom is -0.494 e. The molecule has 19 heavy (non-hydrogen) atoms. The van der Waals surface area contributed by atoms with Gasteiger partial charge < -0.3 is 15.2 Å². The van der Waals surface area contributed by atoms with E-state index in [-0.39, 0.29) is 0 Å². The summed E-state index contributed by atoms with van der Waals surface area (Å²) >= 11 is 0. The fraction of sp³-hybridized carbons (Fsp3) is 0.250. The van der Waals surface area contributed by atoms with Crippen molar-refractivity contribution >= 4 is 5.69 Å². The van der Waals surface area contributed by atoms with E-state index in [9.17, 15) is 0 Å². The number of nitrogens with two attached hydrogens (primary N) is 1. The first kappa shape index (κ1) is 13.3. The summed E-state index contributed by atoms with van der Waals surface area (Å²) in [5, 5.41) is 0. The average molecular weight is 257 g/mol. The van der Waals surface area contributed by atoms with E-state index >= 15 is 0 Å². The van der Waals surface area contributed by atoms with E-state index in [1.807, 2.05) is 55.5 Å². The molecule has 2 aromatic rings. The highest BCUT2D eigenvalue weighted by Gasteiger charge is 1.98. The molecule has 0 radical (unpaired) electrons. The van der Waals surface area contributed by atoms with Crippen LogP contribution < -0.4 is 15.2 Å². The van der Waals surface area contributed by atoms with Gasteiger partial charge in [0.1, 0.15) is 11.5 Å². The van der Waals surface area contributed by atoms with Gasteiger partial charge in [-0.15, -0.1) is 0 Å². The van der Waals surface area contributed by atoms with Crippen molar-refractivity contribution in [3.05, 3.63) is 54.1 Å². The summed E-state index contributed by atoms with van der Waals surface area (Å²) in [7, 11) is 0. The van der Waals surface area contributed by atoms with Crippen LogP contribution >= 0.6 is 0 Å². The predicted molar refractivity (Wildman–Crippen MR) is 77.7 cm³/mol. The molecule has 0 atom stereocenters. The molecule has 0 aromatic heterocycles. The zero-order chi connectivity index (χ0) is 13.5. The molecule has 100 valence electrons. The molecule has 3 heteroatoms. The van der Waals surface area contributed by atoms with E-state index < -0.39 is 0 Å². The largest absolute Gasteiger partial charge is 0.494 e. The Morgan fingerprint density at radius 1 is 0.947 bits per heavy atom. The Labute approximate surface area is 114 Å². The van der Waals surface area contributed by atoms with Crippen molar-refractivity contribution in [3.63, 3.8) is 0 Å². The third-order valence-corrected chi connectivity index (χ3v) is 2.76. The topological polar surface area (TPSA) is 44.5 Å². The van der Waals surface area contributed by atoms with Crippen LogP contribution in [0, 0.1) is 0 Å². The molecule has 0 fully saturated rings. The number of nitrogen functional groups attached to an aromatic ring is 1. The van der Waals surface area contributed by atoms with E-state index in [4.69, 9.17) is 15.2 Å². The summed E-state index contributed by atoms with van der Waals surface area (Å²) in [5.74, 6) is 1.67. The van der Waals surface area contributed by atoms with Gasteiger partial charge in [-0.1, -0.05) is 18.2 Å². The zero-order valence-corrected chi connectivity index (χ0v) is 11.1. The molecule has 2 aromatic carbocycles. The van der Waals surface area contributed by atoms with E-state index in [0.717, 1.165) is 23.6 Å². The van der Waals surface area contributed by atoms with Gasteiger partial charge in [-0.3, -0.25) is 0 Å². The predicted octanol–water partition coefficient (Wildman–Crippen LogP) is 3.29. The first-order valence-electron chi connectivity index (χ1n) is 6.48. The Morgan fingerprint density at radius 2 is 1.63 bits per heavy atom. The second-order valence-corrected chi connectivity index (χ2v) is 4.25. The van der Waals surface area contributed by atoms with Crippen molar-refractivity contribution in [2.45, 2.75) is 13.3 Å². The molecule has 0 unspecified atom stereocenters. The summed E-state index contributed by atoms with van der Waals surface area (Å²) in [4.78, 5) is 0. The monoisotopic (exact) mass is 257 g/mol. The molecule has 0 saturated carbocycles. The van der Waals surface area contributed by atoms with Crippen molar-refractivity contribution in [1.29, 1.82) is 0 Å². The lowest BCUT2D eigenvalue weighted by molar-refractivity contribution is 0.312. The van der Waals surface area contributed by atoms with Gasteiger partial charge in [0.25, 0.3) is 0 Å². The molecule has 0 saturated heterocycles. The van der Waals surface area contributed by atoms with Crippen molar-refractivity contribution in [2.24, 2.45) is 0 Å². The maximum Gasteiger partial charge on any atom is 0.122 e. The number of benzene rings is 2. The smallest absolute Gasteiger partial charge is 0.122 e. The van der Waals surface area contributed by atoms with Gasteiger partial charge in [0.15, 0.2) is 0 Å². The molecule has 0 amide bonds. The van der Waals surface area contributed by atoms with Gasteiger partial charge in [-0.25, -0.2) is 0 Å². The molecular formula is C16H19NO2. The summed E-state index contributed by atoms with van der Waals surface area (Å²) in [6, 6.07) is 15.6. The first-order chi connectivity index (χ1) is 9.28. The van der Waals surface area contributed by atoms with Crippen LogP contribution in [-0.2, 0) is 6.42 Å². The second-order valence-electron chi connectivity index (χ2n) is 4.25. The van der Waals surface area contributed by atoms with Gasteiger partial charge in [-0.05, 0) is 36.8 Å². The van der Waals surface area contributed by atoms with E-state index in [1.54, 1.807) is 0 Å². The number of anilines is 1. The fourth-order valence-corrected chi connectivity index (χ4v) is 1.79. The normalized spacial score (nSPS) is 10.2. The lowest BCUT2D eigenvalue weighted by atomic mass is 10.1. The zero-order valence-electron chi connectivity index (χ0n) is 11.1. The van der Waals surface area contributed by atoms with Gasteiger partial charge in [0, 0.05) is 18.2 Å². The van der Waals surface area contributed by atoms with Crippen LogP contribution in [0.15, 0.2) is 48.5 Å². The highest BCUT2D eigenvalue weighted by atomic mass is 16.5. The van der Waals surface area contributed by atoms with Crippen LogP contribution in [0.3, 0.4) is 0 Å². The lowest BCUT2D eigenvalue weighted by Gasteiger charge is -2.08. The molecule has 2 N–H and O–H groups in total. The van der Waals surface area contributed by atoms with Gasteiger partial charge in [0.2, 0.25) is 0 Å². The molecular weight excluding hydrogens is 238 g/mol. The van der Waals surface area contributed by atoms with Gasteiger partial charge >= 0.3 is 0 Å². The minimum absolute atomic E-state index is 0.638. The number of ether oxygens (including phenoxy) is 2. The van der Waals surface area contributed by atoms with E-state index in [1.165, 1.54) is 5.56 Å². The number of rotatable bonds is 6. The van der Waals surface area contributed by atoms with Crippen molar-refractivity contribution in [1.82, 2.24) is 0 Å². The third kappa shape index (κ3) is 4.21. The molecule has 3 nitrogen and oxygen atoms in total. The summed E-state index contributed by atoms with van der Waals surface area (Å²) in [5.41, 5.74) is 7.65. The highest BCUT2D eigenvalue weighted by Crippen LogP contribution is 2.19. The fourth-order valence-electron chi connectivity index (χ4n) is 1.79. The SMILES string of the molecule is CCOc1cccc(OCCc2ccc(N)cc2)c1. The quantitative estimate of drug-likeness (QED) is 0.808. The van der Waals surface area contributed by atoms with Crippen LogP contribution in [0.1, 0.15) is 12.5 Å². The van der Waals surface area contributed by atoms with Crippen LogP contribution in [-0.4, -0.2) is 13.2 Å².